The number of hydrogen-bond acceptors (Lipinski definition) is 2. The molecule has 0 aliphatic heterocycles. The van der Waals surface area contributed by atoms with Crippen molar-refractivity contribution in [1.82, 2.24) is 10.2 Å². The Bertz CT molecular complexity index is 561. The highest BCUT2D eigenvalue weighted by molar-refractivity contribution is 6.04. The summed E-state index contributed by atoms with van der Waals surface area (Å²) in [5, 5.41) is 3.14. The number of nitrogens with zero attached hydrogens (tertiary/aromatic N) is 1. The smallest absolute Gasteiger partial charge is 0.237 e. The zero-order valence-electron chi connectivity index (χ0n) is 15.9. The zero-order valence-corrected chi connectivity index (χ0v) is 15.9. The van der Waals surface area contributed by atoms with Crippen molar-refractivity contribution in [3.05, 3.63) is 35.9 Å². The molecule has 2 amide bonds. The van der Waals surface area contributed by atoms with Crippen LogP contribution < -0.4 is 5.32 Å². The molecule has 1 aliphatic rings. The van der Waals surface area contributed by atoms with E-state index in [4.69, 9.17) is 0 Å². The van der Waals surface area contributed by atoms with Gasteiger partial charge in [-0.25, -0.2) is 0 Å². The van der Waals surface area contributed by atoms with Gasteiger partial charge in [-0.1, -0.05) is 56.0 Å². The maximum absolute atomic E-state index is 13.0. The van der Waals surface area contributed by atoms with Gasteiger partial charge in [-0.2, -0.15) is 0 Å². The SMILES string of the molecule is CCN(Cc1ccccc1)C(=O)C(C)(C)C(=O)NC1CCCCCC1. The van der Waals surface area contributed by atoms with Crippen molar-refractivity contribution in [2.45, 2.75) is 71.9 Å². The first kappa shape index (κ1) is 19.5. The van der Waals surface area contributed by atoms with Gasteiger partial charge in [0.25, 0.3) is 0 Å². The third-order valence-electron chi connectivity index (χ3n) is 5.18. The molecule has 25 heavy (non-hydrogen) atoms. The molecule has 0 aromatic heterocycles. The van der Waals surface area contributed by atoms with E-state index in [1.807, 2.05) is 37.3 Å². The average molecular weight is 344 g/mol. The van der Waals surface area contributed by atoms with Crippen molar-refractivity contribution in [2.24, 2.45) is 5.41 Å². The number of benzene rings is 1. The Morgan fingerprint density at radius 1 is 1.08 bits per heavy atom. The van der Waals surface area contributed by atoms with E-state index in [0.29, 0.717) is 13.1 Å². The molecule has 1 aliphatic carbocycles. The van der Waals surface area contributed by atoms with Gasteiger partial charge in [0.2, 0.25) is 11.8 Å². The Morgan fingerprint density at radius 2 is 1.68 bits per heavy atom. The molecule has 1 aromatic rings. The highest BCUT2D eigenvalue weighted by Crippen LogP contribution is 2.23. The first-order valence-corrected chi connectivity index (χ1v) is 9.59. The minimum absolute atomic E-state index is 0.107. The molecule has 1 aromatic carbocycles. The Labute approximate surface area is 152 Å². The van der Waals surface area contributed by atoms with Gasteiger partial charge in [0.05, 0.1) is 0 Å². The monoisotopic (exact) mass is 344 g/mol. The molecular formula is C21H32N2O2. The van der Waals surface area contributed by atoms with Crippen molar-refractivity contribution in [1.29, 1.82) is 0 Å². The minimum Gasteiger partial charge on any atom is -0.352 e. The van der Waals surface area contributed by atoms with E-state index in [9.17, 15) is 9.59 Å². The van der Waals surface area contributed by atoms with Gasteiger partial charge in [0.1, 0.15) is 5.41 Å². The lowest BCUT2D eigenvalue weighted by atomic mass is 9.89. The molecule has 1 fully saturated rings. The van der Waals surface area contributed by atoms with Crippen LogP contribution in [0.4, 0.5) is 0 Å². The molecule has 1 saturated carbocycles. The Morgan fingerprint density at radius 3 is 2.24 bits per heavy atom. The van der Waals surface area contributed by atoms with Gasteiger partial charge in [0.15, 0.2) is 0 Å². The van der Waals surface area contributed by atoms with E-state index >= 15 is 0 Å². The van der Waals surface area contributed by atoms with Crippen molar-refractivity contribution >= 4 is 11.8 Å². The van der Waals surface area contributed by atoms with E-state index in [1.165, 1.54) is 12.8 Å². The summed E-state index contributed by atoms with van der Waals surface area (Å²) < 4.78 is 0. The van der Waals surface area contributed by atoms with Crippen molar-refractivity contribution in [3.63, 3.8) is 0 Å². The van der Waals surface area contributed by atoms with Crippen LogP contribution in [0.25, 0.3) is 0 Å². The van der Waals surface area contributed by atoms with Gasteiger partial charge in [-0.3, -0.25) is 9.59 Å². The summed E-state index contributed by atoms with van der Waals surface area (Å²) in [7, 11) is 0. The summed E-state index contributed by atoms with van der Waals surface area (Å²) in [4.78, 5) is 27.6. The van der Waals surface area contributed by atoms with E-state index in [-0.39, 0.29) is 17.9 Å². The van der Waals surface area contributed by atoms with Crippen LogP contribution >= 0.6 is 0 Å². The van der Waals surface area contributed by atoms with Crippen LogP contribution in [0.1, 0.15) is 64.9 Å². The highest BCUT2D eigenvalue weighted by Gasteiger charge is 2.39. The maximum atomic E-state index is 13.0. The second-order valence-electron chi connectivity index (χ2n) is 7.59. The molecule has 0 bridgehead atoms. The van der Waals surface area contributed by atoms with Crippen LogP contribution in [0.15, 0.2) is 30.3 Å². The van der Waals surface area contributed by atoms with Gasteiger partial charge in [-0.05, 0) is 39.2 Å². The van der Waals surface area contributed by atoms with Crippen molar-refractivity contribution < 1.29 is 9.59 Å². The Kier molecular flexibility index (Phi) is 7.03. The van der Waals surface area contributed by atoms with Crippen molar-refractivity contribution in [2.75, 3.05) is 6.54 Å². The van der Waals surface area contributed by atoms with Crippen LogP contribution in [0.3, 0.4) is 0 Å². The normalized spacial score (nSPS) is 16.1. The fourth-order valence-electron chi connectivity index (χ4n) is 3.41. The fourth-order valence-corrected chi connectivity index (χ4v) is 3.41. The quantitative estimate of drug-likeness (QED) is 0.628. The van der Waals surface area contributed by atoms with E-state index < -0.39 is 5.41 Å². The second-order valence-corrected chi connectivity index (χ2v) is 7.59. The third kappa shape index (κ3) is 5.32. The average Bonchev–Trinajstić information content (AvgIpc) is 2.88. The number of amides is 2. The lowest BCUT2D eigenvalue weighted by Gasteiger charge is -2.32. The lowest BCUT2D eigenvalue weighted by Crippen LogP contribution is -2.51. The molecule has 0 unspecified atom stereocenters. The summed E-state index contributed by atoms with van der Waals surface area (Å²) >= 11 is 0. The fraction of sp³-hybridized carbons (Fsp3) is 0.619. The molecule has 0 saturated heterocycles. The third-order valence-corrected chi connectivity index (χ3v) is 5.18. The van der Waals surface area contributed by atoms with Crippen LogP contribution in [0, 0.1) is 5.41 Å². The number of rotatable bonds is 6. The minimum atomic E-state index is -1.04. The molecule has 0 spiro atoms. The van der Waals surface area contributed by atoms with E-state index in [1.54, 1.807) is 18.7 Å². The van der Waals surface area contributed by atoms with E-state index in [2.05, 4.69) is 5.32 Å². The zero-order chi connectivity index (χ0) is 18.3. The van der Waals surface area contributed by atoms with E-state index in [0.717, 1.165) is 31.2 Å². The predicted molar refractivity (Wildman–Crippen MR) is 101 cm³/mol. The number of carbonyl (C=O) groups is 2. The number of hydrogen-bond donors (Lipinski definition) is 1. The second kappa shape index (κ2) is 9.02. The van der Waals surface area contributed by atoms with Crippen LogP contribution in [0.5, 0.6) is 0 Å². The first-order chi connectivity index (χ1) is 11.9. The van der Waals surface area contributed by atoms with Crippen molar-refractivity contribution in [3.8, 4) is 0 Å². The molecule has 2 rings (SSSR count). The summed E-state index contributed by atoms with van der Waals surface area (Å²) in [5.41, 5.74) is 0.0366. The molecular weight excluding hydrogens is 312 g/mol. The summed E-state index contributed by atoms with van der Waals surface area (Å²) in [6.07, 6.45) is 6.86. The van der Waals surface area contributed by atoms with Crippen LogP contribution in [-0.2, 0) is 16.1 Å². The summed E-state index contributed by atoms with van der Waals surface area (Å²) in [6, 6.07) is 10.1. The van der Waals surface area contributed by atoms with Crippen LogP contribution in [-0.4, -0.2) is 29.3 Å². The van der Waals surface area contributed by atoms with Gasteiger partial charge in [0, 0.05) is 19.1 Å². The molecule has 4 heteroatoms. The highest BCUT2D eigenvalue weighted by atomic mass is 16.2. The number of carbonyl (C=O) groups excluding carboxylic acids is 2. The van der Waals surface area contributed by atoms with Gasteiger partial charge in [-0.15, -0.1) is 0 Å². The first-order valence-electron chi connectivity index (χ1n) is 9.59. The summed E-state index contributed by atoms with van der Waals surface area (Å²) in [6.45, 7) is 6.58. The number of nitrogens with one attached hydrogen (secondary N) is 1. The Balaban J connectivity index is 2.01. The van der Waals surface area contributed by atoms with Crippen LogP contribution in [0.2, 0.25) is 0 Å². The lowest BCUT2D eigenvalue weighted by molar-refractivity contribution is -0.149. The predicted octanol–water partition coefficient (Wildman–Crippen LogP) is 3.90. The molecule has 0 radical (unpaired) electrons. The topological polar surface area (TPSA) is 49.4 Å². The standard InChI is InChI=1S/C21H32N2O2/c1-4-23(16-17-12-8-7-9-13-17)20(25)21(2,3)19(24)22-18-14-10-5-6-11-15-18/h7-9,12-13,18H,4-6,10-11,14-16H2,1-3H3,(H,22,24). The molecule has 138 valence electrons. The van der Waals surface area contributed by atoms with Gasteiger partial charge >= 0.3 is 0 Å². The maximum Gasteiger partial charge on any atom is 0.237 e. The molecule has 1 N–H and O–H groups in total. The largest absolute Gasteiger partial charge is 0.352 e. The molecule has 0 heterocycles. The molecule has 0 atom stereocenters. The summed E-state index contributed by atoms with van der Waals surface area (Å²) in [5.74, 6) is -0.249. The van der Waals surface area contributed by atoms with Gasteiger partial charge < -0.3 is 10.2 Å². The Hall–Kier alpha value is -1.84. The molecule has 4 nitrogen and oxygen atoms in total.